The molecule has 0 radical (unpaired) electrons. The smallest absolute Gasteiger partial charge is 0.00702 e. The molecule has 12 heavy (non-hydrogen) atoms. The van der Waals surface area contributed by atoms with E-state index >= 15 is 0 Å². The predicted octanol–water partition coefficient (Wildman–Crippen LogP) is 2.19. The predicted molar refractivity (Wildman–Crippen MR) is 63.6 cm³/mol. The average molecular weight is 207 g/mol. The highest BCUT2D eigenvalue weighted by molar-refractivity contribution is 7.80. The Morgan fingerprint density at radius 1 is 1.00 bits per heavy atom. The third-order valence-electron chi connectivity index (χ3n) is 1.86. The molecule has 0 bridgehead atoms. The summed E-state index contributed by atoms with van der Waals surface area (Å²) in [5.74, 6) is 2.70. The first-order chi connectivity index (χ1) is 5.70. The lowest BCUT2D eigenvalue weighted by atomic mass is 10.1. The van der Waals surface area contributed by atoms with Gasteiger partial charge in [-0.05, 0) is 18.9 Å². The van der Waals surface area contributed by atoms with E-state index in [4.69, 9.17) is 0 Å². The Labute approximate surface area is 87.7 Å². The molecular weight excluding hydrogens is 186 g/mol. The van der Waals surface area contributed by atoms with Crippen molar-refractivity contribution < 1.29 is 0 Å². The van der Waals surface area contributed by atoms with Gasteiger partial charge >= 0.3 is 0 Å². The first-order valence-electron chi connectivity index (χ1n) is 4.64. The summed E-state index contributed by atoms with van der Waals surface area (Å²) in [5.41, 5.74) is 0. The van der Waals surface area contributed by atoms with Gasteiger partial charge in [-0.1, -0.05) is 13.8 Å². The van der Waals surface area contributed by atoms with E-state index in [1.54, 1.807) is 0 Å². The van der Waals surface area contributed by atoms with Crippen LogP contribution < -0.4 is 0 Å². The second-order valence-electron chi connectivity index (χ2n) is 3.47. The van der Waals surface area contributed by atoms with Gasteiger partial charge < -0.3 is 4.90 Å². The van der Waals surface area contributed by atoms with Crippen LogP contribution >= 0.6 is 25.3 Å². The summed E-state index contributed by atoms with van der Waals surface area (Å²) in [4.78, 5) is 2.43. The molecule has 1 nitrogen and oxygen atoms in total. The minimum Gasteiger partial charge on any atom is -0.302 e. The molecule has 0 aliphatic carbocycles. The summed E-state index contributed by atoms with van der Waals surface area (Å²) in [7, 11) is 0. The van der Waals surface area contributed by atoms with E-state index in [9.17, 15) is 0 Å². The highest BCUT2D eigenvalue weighted by Crippen LogP contribution is 2.02. The van der Waals surface area contributed by atoms with Gasteiger partial charge in [0.15, 0.2) is 0 Å². The molecule has 0 rings (SSSR count). The molecule has 0 N–H and O–H groups in total. The molecule has 0 aromatic rings. The summed E-state index contributed by atoms with van der Waals surface area (Å²) in [5, 5.41) is 0. The minimum atomic E-state index is 0.798. The third-order valence-corrected chi connectivity index (χ3v) is 2.26. The van der Waals surface area contributed by atoms with Gasteiger partial charge in [0.2, 0.25) is 0 Å². The van der Waals surface area contributed by atoms with E-state index in [0.29, 0.717) is 0 Å². The van der Waals surface area contributed by atoms with Crippen LogP contribution in [0.4, 0.5) is 0 Å². The second-order valence-corrected chi connectivity index (χ2v) is 4.37. The van der Waals surface area contributed by atoms with Crippen molar-refractivity contribution in [1.82, 2.24) is 4.90 Å². The zero-order valence-corrected chi connectivity index (χ0v) is 9.95. The Morgan fingerprint density at radius 2 is 1.50 bits per heavy atom. The molecule has 0 aromatic heterocycles. The average Bonchev–Trinajstić information content (AvgIpc) is 2.01. The molecule has 0 atom stereocenters. The number of hydrogen-bond acceptors (Lipinski definition) is 3. The molecule has 0 aromatic carbocycles. The van der Waals surface area contributed by atoms with Gasteiger partial charge in [0.1, 0.15) is 0 Å². The molecule has 0 spiro atoms. The number of hydrogen-bond donors (Lipinski definition) is 2. The third kappa shape index (κ3) is 7.32. The van der Waals surface area contributed by atoms with E-state index in [-0.39, 0.29) is 0 Å². The standard InChI is InChI=1S/C9H21NS2/c1-9(2)3-4-10(5-7-11)6-8-12/h9,11-12H,3-8H2,1-2H3. The second kappa shape index (κ2) is 8.27. The van der Waals surface area contributed by atoms with Crippen LogP contribution in [0.3, 0.4) is 0 Å². The van der Waals surface area contributed by atoms with E-state index in [0.717, 1.165) is 30.5 Å². The lowest BCUT2D eigenvalue weighted by molar-refractivity contribution is 0.289. The fourth-order valence-corrected chi connectivity index (χ4v) is 1.62. The van der Waals surface area contributed by atoms with Crippen molar-refractivity contribution in [2.75, 3.05) is 31.1 Å². The van der Waals surface area contributed by atoms with Crippen LogP contribution in [-0.2, 0) is 0 Å². The SMILES string of the molecule is CC(C)CCN(CCS)CCS. The highest BCUT2D eigenvalue weighted by Gasteiger charge is 2.03. The quantitative estimate of drug-likeness (QED) is 0.605. The van der Waals surface area contributed by atoms with E-state index in [1.807, 2.05) is 0 Å². The highest BCUT2D eigenvalue weighted by atomic mass is 32.1. The van der Waals surface area contributed by atoms with Crippen molar-refractivity contribution in [3.8, 4) is 0 Å². The fourth-order valence-electron chi connectivity index (χ4n) is 1.06. The topological polar surface area (TPSA) is 3.24 Å². The molecular formula is C9H21NS2. The Kier molecular flexibility index (Phi) is 8.72. The van der Waals surface area contributed by atoms with Crippen LogP contribution in [0.5, 0.6) is 0 Å². The van der Waals surface area contributed by atoms with Crippen LogP contribution in [0.1, 0.15) is 20.3 Å². The van der Waals surface area contributed by atoms with Crippen LogP contribution in [0.2, 0.25) is 0 Å². The maximum Gasteiger partial charge on any atom is 0.00702 e. The summed E-state index contributed by atoms with van der Waals surface area (Å²) in [6.45, 7) is 7.91. The van der Waals surface area contributed by atoms with E-state index < -0.39 is 0 Å². The molecule has 0 saturated carbocycles. The zero-order valence-electron chi connectivity index (χ0n) is 8.16. The Hall–Kier alpha value is 0.660. The Morgan fingerprint density at radius 3 is 1.83 bits per heavy atom. The van der Waals surface area contributed by atoms with Crippen molar-refractivity contribution in [2.45, 2.75) is 20.3 Å². The lowest BCUT2D eigenvalue weighted by Crippen LogP contribution is -2.29. The van der Waals surface area contributed by atoms with Gasteiger partial charge in [0.25, 0.3) is 0 Å². The monoisotopic (exact) mass is 207 g/mol. The number of thiol groups is 2. The van der Waals surface area contributed by atoms with E-state index in [1.165, 1.54) is 13.0 Å². The molecule has 0 aliphatic heterocycles. The minimum absolute atomic E-state index is 0.798. The molecule has 0 amide bonds. The van der Waals surface area contributed by atoms with Crippen molar-refractivity contribution >= 4 is 25.3 Å². The van der Waals surface area contributed by atoms with Gasteiger partial charge in [-0.25, -0.2) is 0 Å². The van der Waals surface area contributed by atoms with Crippen molar-refractivity contribution in [3.05, 3.63) is 0 Å². The van der Waals surface area contributed by atoms with Crippen LogP contribution in [0, 0.1) is 5.92 Å². The maximum absolute atomic E-state index is 4.23. The first kappa shape index (κ1) is 12.7. The lowest BCUT2D eigenvalue weighted by Gasteiger charge is -2.21. The van der Waals surface area contributed by atoms with Gasteiger partial charge in [-0.3, -0.25) is 0 Å². The zero-order chi connectivity index (χ0) is 9.40. The normalized spacial score (nSPS) is 11.5. The summed E-state index contributed by atoms with van der Waals surface area (Å²) in [6, 6.07) is 0. The molecule has 3 heteroatoms. The summed E-state index contributed by atoms with van der Waals surface area (Å²) < 4.78 is 0. The van der Waals surface area contributed by atoms with Crippen molar-refractivity contribution in [1.29, 1.82) is 0 Å². The van der Waals surface area contributed by atoms with Gasteiger partial charge in [0.05, 0.1) is 0 Å². The van der Waals surface area contributed by atoms with Crippen molar-refractivity contribution in [2.24, 2.45) is 5.92 Å². The van der Waals surface area contributed by atoms with Crippen LogP contribution in [0.15, 0.2) is 0 Å². The molecule has 0 heterocycles. The molecule has 0 aliphatic rings. The first-order valence-corrected chi connectivity index (χ1v) is 5.91. The molecule has 74 valence electrons. The fraction of sp³-hybridized carbons (Fsp3) is 1.00. The van der Waals surface area contributed by atoms with Gasteiger partial charge in [-0.15, -0.1) is 0 Å². The summed E-state index contributed by atoms with van der Waals surface area (Å²) >= 11 is 8.46. The number of rotatable bonds is 7. The molecule has 0 saturated heterocycles. The van der Waals surface area contributed by atoms with Gasteiger partial charge in [-0.2, -0.15) is 25.3 Å². The van der Waals surface area contributed by atoms with Crippen molar-refractivity contribution in [3.63, 3.8) is 0 Å². The van der Waals surface area contributed by atoms with Gasteiger partial charge in [0, 0.05) is 24.6 Å². The summed E-state index contributed by atoms with van der Waals surface area (Å²) in [6.07, 6.45) is 1.28. The number of nitrogens with zero attached hydrogens (tertiary/aromatic N) is 1. The Bertz CT molecular complexity index is 90.5. The Balaban J connectivity index is 3.48. The molecule has 0 unspecified atom stereocenters. The van der Waals surface area contributed by atoms with Crippen LogP contribution in [0.25, 0.3) is 0 Å². The van der Waals surface area contributed by atoms with E-state index in [2.05, 4.69) is 44.0 Å². The largest absolute Gasteiger partial charge is 0.302 e. The molecule has 0 fully saturated rings. The van der Waals surface area contributed by atoms with Crippen LogP contribution in [-0.4, -0.2) is 36.0 Å². The maximum atomic E-state index is 4.23.